The molecule has 0 unspecified atom stereocenters. The molecule has 0 aliphatic heterocycles. The number of hydrogen-bond acceptors (Lipinski definition) is 5. The zero-order valence-corrected chi connectivity index (χ0v) is 18.5. The predicted molar refractivity (Wildman–Crippen MR) is 119 cm³/mol. The zero-order chi connectivity index (χ0) is 22.3. The lowest BCUT2D eigenvalue weighted by atomic mass is 10.2. The van der Waals surface area contributed by atoms with E-state index < -0.39 is 10.0 Å². The minimum atomic E-state index is -3.77. The molecule has 0 bridgehead atoms. The van der Waals surface area contributed by atoms with Gasteiger partial charge < -0.3 is 14.6 Å². The van der Waals surface area contributed by atoms with Gasteiger partial charge in [0.25, 0.3) is 15.9 Å². The Balaban J connectivity index is 1.46. The number of nitrogens with one attached hydrogen (secondary N) is 2. The number of ether oxygens (including phenoxy) is 1. The number of halogens is 1. The van der Waals surface area contributed by atoms with Gasteiger partial charge in [-0.15, -0.1) is 0 Å². The van der Waals surface area contributed by atoms with Gasteiger partial charge in [-0.05, 0) is 55.3 Å². The standard InChI is InChI=1S/C21H23ClN4O4S/c1-16-3-4-17(13-20(16)22)25-31(28,29)19-7-5-18(6-8-19)30-14-21(27)24-9-2-11-26-12-10-23-15-26/h3-8,10,12-13,15,25H,2,9,11,14H2,1H3,(H,24,27). The van der Waals surface area contributed by atoms with Gasteiger partial charge in [-0.25, -0.2) is 13.4 Å². The number of nitrogens with zero attached hydrogens (tertiary/aromatic N) is 2. The van der Waals surface area contributed by atoms with Crippen LogP contribution >= 0.6 is 11.6 Å². The van der Waals surface area contributed by atoms with Crippen molar-refractivity contribution in [3.63, 3.8) is 0 Å². The van der Waals surface area contributed by atoms with Crippen LogP contribution in [0.2, 0.25) is 5.02 Å². The summed E-state index contributed by atoms with van der Waals surface area (Å²) in [5.41, 5.74) is 1.23. The van der Waals surface area contributed by atoms with Crippen molar-refractivity contribution in [2.75, 3.05) is 17.9 Å². The lowest BCUT2D eigenvalue weighted by molar-refractivity contribution is -0.123. The second-order valence-electron chi connectivity index (χ2n) is 6.83. The molecule has 0 saturated carbocycles. The molecule has 1 heterocycles. The number of aromatic nitrogens is 2. The van der Waals surface area contributed by atoms with E-state index in [1.807, 2.05) is 17.7 Å². The van der Waals surface area contributed by atoms with E-state index in [1.165, 1.54) is 24.3 Å². The normalized spacial score (nSPS) is 11.2. The SMILES string of the molecule is Cc1ccc(NS(=O)(=O)c2ccc(OCC(=O)NCCCn3ccnc3)cc2)cc1Cl. The number of amides is 1. The van der Waals surface area contributed by atoms with Crippen LogP contribution < -0.4 is 14.8 Å². The number of imidazole rings is 1. The van der Waals surface area contributed by atoms with Gasteiger partial charge in [0.15, 0.2) is 6.61 Å². The summed E-state index contributed by atoms with van der Waals surface area (Å²) in [5, 5.41) is 3.25. The van der Waals surface area contributed by atoms with Crippen LogP contribution in [0.1, 0.15) is 12.0 Å². The van der Waals surface area contributed by atoms with Gasteiger partial charge >= 0.3 is 0 Å². The molecule has 2 N–H and O–H groups in total. The molecular weight excluding hydrogens is 440 g/mol. The fourth-order valence-electron chi connectivity index (χ4n) is 2.69. The molecule has 0 spiro atoms. The van der Waals surface area contributed by atoms with Gasteiger partial charge in [0, 0.05) is 30.5 Å². The molecule has 0 saturated heterocycles. The third kappa shape index (κ3) is 6.73. The topological polar surface area (TPSA) is 102 Å². The van der Waals surface area contributed by atoms with Gasteiger partial charge in [0.05, 0.1) is 16.9 Å². The van der Waals surface area contributed by atoms with E-state index in [4.69, 9.17) is 16.3 Å². The van der Waals surface area contributed by atoms with Crippen molar-refractivity contribution in [3.8, 4) is 5.75 Å². The highest BCUT2D eigenvalue weighted by Gasteiger charge is 2.15. The second kappa shape index (κ2) is 10.3. The van der Waals surface area contributed by atoms with Crippen molar-refractivity contribution >= 4 is 33.2 Å². The lowest BCUT2D eigenvalue weighted by Gasteiger charge is -2.11. The number of benzene rings is 2. The van der Waals surface area contributed by atoms with Crippen molar-refractivity contribution in [3.05, 3.63) is 71.8 Å². The van der Waals surface area contributed by atoms with E-state index >= 15 is 0 Å². The van der Waals surface area contributed by atoms with Crippen LogP contribution in [0.3, 0.4) is 0 Å². The first kappa shape index (κ1) is 22.6. The smallest absolute Gasteiger partial charge is 0.261 e. The summed E-state index contributed by atoms with van der Waals surface area (Å²) in [5.74, 6) is 0.145. The van der Waals surface area contributed by atoms with Crippen molar-refractivity contribution in [2.24, 2.45) is 0 Å². The fraction of sp³-hybridized carbons (Fsp3) is 0.238. The first-order chi connectivity index (χ1) is 14.8. The summed E-state index contributed by atoms with van der Waals surface area (Å²) in [6.07, 6.45) is 6.06. The highest BCUT2D eigenvalue weighted by atomic mass is 35.5. The molecule has 3 aromatic rings. The maximum atomic E-state index is 12.5. The van der Waals surface area contributed by atoms with Crippen molar-refractivity contribution in [2.45, 2.75) is 24.8 Å². The summed E-state index contributed by atoms with van der Waals surface area (Å²) in [6.45, 7) is 2.96. The molecule has 1 amide bonds. The fourth-order valence-corrected chi connectivity index (χ4v) is 3.92. The minimum absolute atomic E-state index is 0.0699. The molecule has 2 aromatic carbocycles. The van der Waals surface area contributed by atoms with Crippen molar-refractivity contribution in [1.29, 1.82) is 0 Å². The Labute approximate surface area is 186 Å². The molecule has 31 heavy (non-hydrogen) atoms. The Morgan fingerprint density at radius 1 is 1.19 bits per heavy atom. The van der Waals surface area contributed by atoms with Gasteiger partial charge in [-0.2, -0.15) is 0 Å². The van der Waals surface area contributed by atoms with Crippen LogP contribution in [0.25, 0.3) is 0 Å². The van der Waals surface area contributed by atoms with Gasteiger partial charge in [0.2, 0.25) is 0 Å². The maximum Gasteiger partial charge on any atom is 0.261 e. The average molecular weight is 463 g/mol. The molecular formula is C21H23ClN4O4S. The molecule has 0 fully saturated rings. The van der Waals surface area contributed by atoms with Crippen LogP contribution in [-0.2, 0) is 21.4 Å². The summed E-state index contributed by atoms with van der Waals surface area (Å²) < 4.78 is 34.9. The molecule has 0 aliphatic carbocycles. The van der Waals surface area contributed by atoms with Crippen LogP contribution in [0.5, 0.6) is 5.75 Å². The van der Waals surface area contributed by atoms with E-state index in [1.54, 1.807) is 30.7 Å². The van der Waals surface area contributed by atoms with Crippen LogP contribution in [-0.4, -0.2) is 37.0 Å². The molecule has 3 rings (SSSR count). The zero-order valence-electron chi connectivity index (χ0n) is 16.9. The molecule has 10 heteroatoms. The second-order valence-corrected chi connectivity index (χ2v) is 8.92. The van der Waals surface area contributed by atoms with E-state index in [9.17, 15) is 13.2 Å². The number of hydrogen-bond donors (Lipinski definition) is 2. The Kier molecular flexibility index (Phi) is 7.54. The van der Waals surface area contributed by atoms with Crippen molar-refractivity contribution < 1.29 is 17.9 Å². The number of rotatable bonds is 10. The van der Waals surface area contributed by atoms with E-state index in [-0.39, 0.29) is 17.4 Å². The Bertz CT molecular complexity index is 1120. The Hall–Kier alpha value is -3.04. The first-order valence-corrected chi connectivity index (χ1v) is 11.4. The molecule has 0 aliphatic rings. The highest BCUT2D eigenvalue weighted by molar-refractivity contribution is 7.92. The van der Waals surface area contributed by atoms with Crippen molar-refractivity contribution in [1.82, 2.24) is 14.9 Å². The average Bonchev–Trinajstić information content (AvgIpc) is 3.26. The van der Waals surface area contributed by atoms with E-state index in [0.29, 0.717) is 23.0 Å². The van der Waals surface area contributed by atoms with E-state index in [2.05, 4.69) is 15.0 Å². The number of aryl methyl sites for hydroxylation is 2. The molecule has 0 atom stereocenters. The van der Waals surface area contributed by atoms with Crippen LogP contribution in [0, 0.1) is 6.92 Å². The number of sulfonamides is 1. The van der Waals surface area contributed by atoms with E-state index in [0.717, 1.165) is 18.5 Å². The predicted octanol–water partition coefficient (Wildman–Crippen LogP) is 3.23. The monoisotopic (exact) mass is 462 g/mol. The van der Waals surface area contributed by atoms with Crippen LogP contribution in [0.15, 0.2) is 66.1 Å². The van der Waals surface area contributed by atoms with Gasteiger partial charge in [-0.1, -0.05) is 17.7 Å². The van der Waals surface area contributed by atoms with Crippen LogP contribution in [0.4, 0.5) is 5.69 Å². The Morgan fingerprint density at radius 3 is 2.65 bits per heavy atom. The Morgan fingerprint density at radius 2 is 1.97 bits per heavy atom. The van der Waals surface area contributed by atoms with Gasteiger partial charge in [0.1, 0.15) is 5.75 Å². The summed E-state index contributed by atoms with van der Waals surface area (Å²) in [7, 11) is -3.77. The third-order valence-corrected chi connectivity index (χ3v) is 6.21. The number of carbonyl (C=O) groups excluding carboxylic acids is 1. The summed E-state index contributed by atoms with van der Waals surface area (Å²) >= 11 is 6.05. The maximum absolute atomic E-state index is 12.5. The number of carbonyl (C=O) groups is 1. The quantitative estimate of drug-likeness (QED) is 0.450. The third-order valence-electron chi connectivity index (χ3n) is 4.40. The lowest BCUT2D eigenvalue weighted by Crippen LogP contribution is -2.30. The molecule has 164 valence electrons. The van der Waals surface area contributed by atoms with Gasteiger partial charge in [-0.3, -0.25) is 9.52 Å². The molecule has 0 radical (unpaired) electrons. The number of anilines is 1. The summed E-state index contributed by atoms with van der Waals surface area (Å²) in [4.78, 5) is 15.9. The highest BCUT2D eigenvalue weighted by Crippen LogP contribution is 2.23. The molecule has 1 aromatic heterocycles. The first-order valence-electron chi connectivity index (χ1n) is 9.58. The summed E-state index contributed by atoms with van der Waals surface area (Å²) in [6, 6.07) is 10.8. The largest absolute Gasteiger partial charge is 0.484 e. The molecule has 8 nitrogen and oxygen atoms in total. The minimum Gasteiger partial charge on any atom is -0.484 e.